The first-order chi connectivity index (χ1) is 11.9. The van der Waals surface area contributed by atoms with Crippen LogP contribution in [0.25, 0.3) is 5.57 Å². The van der Waals surface area contributed by atoms with Crippen LogP contribution in [0.1, 0.15) is 22.6 Å². The number of allylic oxidation sites excluding steroid dienone is 4. The topological polar surface area (TPSA) is 0 Å². The molecule has 0 aliphatic heterocycles. The van der Waals surface area contributed by atoms with Gasteiger partial charge < -0.3 is 0 Å². The van der Waals surface area contributed by atoms with E-state index in [0.29, 0.717) is 0 Å². The van der Waals surface area contributed by atoms with Crippen LogP contribution in [-0.2, 0) is 0 Å². The van der Waals surface area contributed by atoms with E-state index >= 15 is 0 Å². The van der Waals surface area contributed by atoms with Crippen molar-refractivity contribution in [2.24, 2.45) is 0 Å². The zero-order chi connectivity index (χ0) is 16.2. The van der Waals surface area contributed by atoms with E-state index in [1.165, 1.54) is 28.2 Å². The molecule has 0 nitrogen and oxygen atoms in total. The number of hydrogen-bond acceptors (Lipinski definition) is 0. The zero-order valence-electron chi connectivity index (χ0n) is 13.5. The van der Waals surface area contributed by atoms with Gasteiger partial charge in [-0.05, 0) is 22.3 Å². The van der Waals surface area contributed by atoms with Gasteiger partial charge in [-0.15, -0.1) is 0 Å². The minimum Gasteiger partial charge on any atom is -0.0717 e. The van der Waals surface area contributed by atoms with E-state index < -0.39 is 0 Å². The largest absolute Gasteiger partial charge is 0.0717 e. The summed E-state index contributed by atoms with van der Waals surface area (Å²) in [6, 6.07) is 32.2. The maximum atomic E-state index is 2.26. The van der Waals surface area contributed by atoms with Crippen molar-refractivity contribution >= 4 is 5.57 Å². The first-order valence-corrected chi connectivity index (χ1v) is 8.34. The van der Waals surface area contributed by atoms with Crippen molar-refractivity contribution in [1.82, 2.24) is 0 Å². The lowest BCUT2D eigenvalue weighted by Gasteiger charge is -2.26. The van der Waals surface area contributed by atoms with Gasteiger partial charge in [0.25, 0.3) is 0 Å². The average molecular weight is 307 g/mol. The van der Waals surface area contributed by atoms with E-state index in [1.54, 1.807) is 0 Å². The van der Waals surface area contributed by atoms with E-state index in [-0.39, 0.29) is 5.92 Å². The predicted molar refractivity (Wildman–Crippen MR) is 102 cm³/mol. The summed E-state index contributed by atoms with van der Waals surface area (Å²) in [5, 5.41) is 0. The van der Waals surface area contributed by atoms with Gasteiger partial charge >= 0.3 is 0 Å². The van der Waals surface area contributed by atoms with Gasteiger partial charge in [0, 0.05) is 11.8 Å². The van der Waals surface area contributed by atoms with Gasteiger partial charge in [0.2, 0.25) is 0 Å². The minimum atomic E-state index is 0.248. The summed E-state index contributed by atoms with van der Waals surface area (Å²) in [6.07, 6.45) is 6.65. The van der Waals surface area contributed by atoms with Gasteiger partial charge in [-0.25, -0.2) is 0 Å². The molecule has 1 aliphatic carbocycles. The van der Waals surface area contributed by atoms with Crippen molar-refractivity contribution in [3.8, 4) is 0 Å². The van der Waals surface area contributed by atoms with E-state index in [2.05, 4.69) is 109 Å². The molecule has 0 fully saturated rings. The van der Waals surface area contributed by atoms with Gasteiger partial charge in [0.05, 0.1) is 0 Å². The molecule has 0 saturated carbocycles. The lowest BCUT2D eigenvalue weighted by atomic mass is 9.76. The molecule has 0 heteroatoms. The first-order valence-electron chi connectivity index (χ1n) is 8.34. The van der Waals surface area contributed by atoms with Crippen molar-refractivity contribution in [1.29, 1.82) is 0 Å². The third-order valence-electron chi connectivity index (χ3n) is 4.51. The first kappa shape index (κ1) is 14.7. The van der Waals surface area contributed by atoms with Crippen LogP contribution < -0.4 is 0 Å². The van der Waals surface area contributed by atoms with Gasteiger partial charge in [0.15, 0.2) is 0 Å². The molecule has 0 spiro atoms. The lowest BCUT2D eigenvalue weighted by Crippen LogP contribution is -2.11. The zero-order valence-corrected chi connectivity index (χ0v) is 13.5. The van der Waals surface area contributed by atoms with Crippen LogP contribution in [0.15, 0.2) is 109 Å². The van der Waals surface area contributed by atoms with Crippen LogP contribution in [0.2, 0.25) is 0 Å². The summed E-state index contributed by atoms with van der Waals surface area (Å²) >= 11 is 0. The number of rotatable bonds is 4. The summed E-state index contributed by atoms with van der Waals surface area (Å²) in [5.41, 5.74) is 5.24. The molecule has 0 atom stereocenters. The maximum Gasteiger partial charge on any atom is 0.0391 e. The predicted octanol–water partition coefficient (Wildman–Crippen LogP) is 6.05. The van der Waals surface area contributed by atoms with E-state index in [4.69, 9.17) is 0 Å². The molecule has 3 aromatic carbocycles. The Morgan fingerprint density at radius 2 is 1.04 bits per heavy atom. The molecular formula is C24H19. The van der Waals surface area contributed by atoms with Crippen LogP contribution in [0.4, 0.5) is 0 Å². The van der Waals surface area contributed by atoms with Crippen LogP contribution in [0.5, 0.6) is 0 Å². The highest BCUT2D eigenvalue weighted by Crippen LogP contribution is 2.44. The highest BCUT2D eigenvalue weighted by molar-refractivity contribution is 5.85. The maximum absolute atomic E-state index is 2.26. The highest BCUT2D eigenvalue weighted by Gasteiger charge is 2.29. The number of benzene rings is 3. The van der Waals surface area contributed by atoms with Gasteiger partial charge in [-0.2, -0.15) is 0 Å². The van der Waals surface area contributed by atoms with Crippen molar-refractivity contribution < 1.29 is 0 Å². The van der Waals surface area contributed by atoms with E-state index in [0.717, 1.165) is 0 Å². The Morgan fingerprint density at radius 3 is 1.58 bits per heavy atom. The monoisotopic (exact) mass is 307 g/mol. The molecule has 0 unspecified atom stereocenters. The smallest absolute Gasteiger partial charge is 0.0391 e. The van der Waals surface area contributed by atoms with Crippen LogP contribution in [-0.4, -0.2) is 0 Å². The normalized spacial score (nSPS) is 14.1. The Kier molecular flexibility index (Phi) is 4.12. The third kappa shape index (κ3) is 2.83. The molecule has 115 valence electrons. The van der Waals surface area contributed by atoms with Crippen molar-refractivity contribution in [3.05, 3.63) is 132 Å². The van der Waals surface area contributed by atoms with Crippen molar-refractivity contribution in [2.75, 3.05) is 0 Å². The lowest BCUT2D eigenvalue weighted by molar-refractivity contribution is 0.917. The van der Waals surface area contributed by atoms with Gasteiger partial charge in [-0.1, -0.05) is 109 Å². The summed E-state index contributed by atoms with van der Waals surface area (Å²) < 4.78 is 0. The second kappa shape index (κ2) is 6.72. The standard InChI is InChI=1S/C24H19/c1-4-11-19(12-5-1)22-17-10-18-23(22)24(20-13-6-2-7-14-20)21-15-8-3-9-16-21/h1-18,24H. The molecule has 24 heavy (non-hydrogen) atoms. The van der Waals surface area contributed by atoms with Crippen molar-refractivity contribution in [3.63, 3.8) is 0 Å². The average Bonchev–Trinajstić information content (AvgIpc) is 3.14. The summed E-state index contributed by atoms with van der Waals surface area (Å²) in [4.78, 5) is 0. The highest BCUT2D eigenvalue weighted by atomic mass is 14.3. The Bertz CT molecular complexity index is 803. The molecule has 0 aromatic heterocycles. The van der Waals surface area contributed by atoms with Gasteiger partial charge in [-0.3, -0.25) is 0 Å². The fourth-order valence-electron chi connectivity index (χ4n) is 3.41. The molecule has 1 radical (unpaired) electrons. The van der Waals surface area contributed by atoms with E-state index in [9.17, 15) is 0 Å². The Hall–Kier alpha value is -2.86. The fraction of sp³-hybridized carbons (Fsp3) is 0.0417. The molecule has 0 N–H and O–H groups in total. The van der Waals surface area contributed by atoms with Crippen LogP contribution in [0, 0.1) is 5.92 Å². The second-order valence-electron chi connectivity index (χ2n) is 6.02. The van der Waals surface area contributed by atoms with E-state index in [1.807, 2.05) is 0 Å². The Morgan fingerprint density at radius 1 is 0.542 bits per heavy atom. The molecule has 1 aliphatic rings. The third-order valence-corrected chi connectivity index (χ3v) is 4.51. The summed E-state index contributed by atoms with van der Waals surface area (Å²) in [6.45, 7) is 0. The fourth-order valence-corrected chi connectivity index (χ4v) is 3.41. The second-order valence-corrected chi connectivity index (χ2v) is 6.02. The Labute approximate surface area is 143 Å². The molecule has 0 amide bonds. The van der Waals surface area contributed by atoms with Crippen LogP contribution in [0.3, 0.4) is 0 Å². The number of hydrogen-bond donors (Lipinski definition) is 0. The summed E-state index contributed by atoms with van der Waals surface area (Å²) in [5.74, 6) is 1.61. The quantitative estimate of drug-likeness (QED) is 0.550. The molecular weight excluding hydrogens is 288 g/mol. The minimum absolute atomic E-state index is 0.248. The molecule has 0 heterocycles. The van der Waals surface area contributed by atoms with Gasteiger partial charge in [0.1, 0.15) is 0 Å². The molecule has 3 aromatic rings. The molecule has 0 saturated heterocycles. The molecule has 4 rings (SSSR count). The summed E-state index contributed by atoms with van der Waals surface area (Å²) in [7, 11) is 0. The van der Waals surface area contributed by atoms with Crippen molar-refractivity contribution in [2.45, 2.75) is 5.92 Å². The SMILES string of the molecule is C1=C[C](C(c2ccccc2)c2ccccc2)C(c2ccccc2)=C1. The Balaban J connectivity index is 1.80. The van der Waals surface area contributed by atoms with Crippen LogP contribution >= 0.6 is 0 Å². The molecule has 0 bridgehead atoms.